The Labute approximate surface area is 106 Å². The van der Waals surface area contributed by atoms with Gasteiger partial charge in [-0.1, -0.05) is 23.7 Å². The molecule has 1 aromatic heterocycles. The molecule has 0 aliphatic rings. The van der Waals surface area contributed by atoms with E-state index in [2.05, 4.69) is 9.97 Å². The highest BCUT2D eigenvalue weighted by Crippen LogP contribution is 2.23. The zero-order chi connectivity index (χ0) is 12.4. The van der Waals surface area contributed by atoms with Crippen molar-refractivity contribution in [3.05, 3.63) is 40.8 Å². The highest BCUT2D eigenvalue weighted by molar-refractivity contribution is 6.30. The van der Waals surface area contributed by atoms with E-state index in [0.29, 0.717) is 0 Å². The molecule has 3 nitrogen and oxygen atoms in total. The number of aromatic amines is 1. The number of nitrogens with two attached hydrogens (primary N) is 1. The molecule has 1 atom stereocenters. The third kappa shape index (κ3) is 2.87. The third-order valence-electron chi connectivity index (χ3n) is 2.57. The first kappa shape index (κ1) is 12.1. The molecule has 0 spiro atoms. The molecule has 2 rings (SSSR count). The zero-order valence-electron chi connectivity index (χ0n) is 10.00. The number of benzene rings is 1. The summed E-state index contributed by atoms with van der Waals surface area (Å²) in [5, 5.41) is 0.734. The van der Waals surface area contributed by atoms with Gasteiger partial charge in [-0.25, -0.2) is 4.98 Å². The van der Waals surface area contributed by atoms with E-state index in [1.807, 2.05) is 38.1 Å². The molecule has 0 bridgehead atoms. The topological polar surface area (TPSA) is 54.7 Å². The fraction of sp³-hybridized carbons (Fsp3) is 0.308. The van der Waals surface area contributed by atoms with Crippen LogP contribution in [0.3, 0.4) is 0 Å². The molecule has 1 heterocycles. The van der Waals surface area contributed by atoms with Crippen LogP contribution < -0.4 is 5.73 Å². The predicted octanol–water partition coefficient (Wildman–Crippen LogP) is 2.93. The second-order valence-electron chi connectivity index (χ2n) is 4.35. The van der Waals surface area contributed by atoms with E-state index in [0.717, 1.165) is 34.2 Å². The van der Waals surface area contributed by atoms with Gasteiger partial charge in [-0.2, -0.15) is 0 Å². The Morgan fingerprint density at radius 3 is 2.59 bits per heavy atom. The molecule has 3 N–H and O–H groups in total. The van der Waals surface area contributed by atoms with Gasteiger partial charge in [0.1, 0.15) is 5.82 Å². The van der Waals surface area contributed by atoms with Crippen LogP contribution in [-0.2, 0) is 6.42 Å². The number of hydrogen-bond acceptors (Lipinski definition) is 2. The van der Waals surface area contributed by atoms with Gasteiger partial charge in [-0.15, -0.1) is 0 Å². The number of halogens is 1. The average molecular weight is 250 g/mol. The zero-order valence-corrected chi connectivity index (χ0v) is 10.8. The highest BCUT2D eigenvalue weighted by Gasteiger charge is 2.09. The molecule has 17 heavy (non-hydrogen) atoms. The SMILES string of the molecule is Cc1[nH]c(CC(C)N)nc1-c1ccc(Cl)cc1. The van der Waals surface area contributed by atoms with E-state index in [1.165, 1.54) is 0 Å². The molecular weight excluding hydrogens is 234 g/mol. The molecule has 4 heteroatoms. The monoisotopic (exact) mass is 249 g/mol. The summed E-state index contributed by atoms with van der Waals surface area (Å²) in [7, 11) is 0. The Morgan fingerprint density at radius 2 is 2.00 bits per heavy atom. The highest BCUT2D eigenvalue weighted by atomic mass is 35.5. The number of aryl methyl sites for hydroxylation is 1. The van der Waals surface area contributed by atoms with Crippen molar-refractivity contribution in [2.75, 3.05) is 0 Å². The largest absolute Gasteiger partial charge is 0.346 e. The molecule has 90 valence electrons. The maximum atomic E-state index is 5.87. The van der Waals surface area contributed by atoms with Gasteiger partial charge >= 0.3 is 0 Å². The molecule has 0 aliphatic carbocycles. The van der Waals surface area contributed by atoms with Gasteiger partial charge in [-0.05, 0) is 26.0 Å². The van der Waals surface area contributed by atoms with Crippen LogP contribution in [-0.4, -0.2) is 16.0 Å². The van der Waals surface area contributed by atoms with Gasteiger partial charge in [-0.3, -0.25) is 0 Å². The molecule has 1 unspecified atom stereocenters. The lowest BCUT2D eigenvalue weighted by molar-refractivity contribution is 0.709. The minimum absolute atomic E-state index is 0.110. The van der Waals surface area contributed by atoms with Crippen LogP contribution in [0, 0.1) is 6.92 Å². The van der Waals surface area contributed by atoms with Crippen molar-refractivity contribution in [1.82, 2.24) is 9.97 Å². The lowest BCUT2D eigenvalue weighted by Gasteiger charge is -2.00. The lowest BCUT2D eigenvalue weighted by atomic mass is 10.1. The second kappa shape index (κ2) is 4.90. The first-order valence-corrected chi connectivity index (χ1v) is 6.01. The Bertz CT molecular complexity index is 500. The van der Waals surface area contributed by atoms with Crippen LogP contribution >= 0.6 is 11.6 Å². The van der Waals surface area contributed by atoms with Crippen molar-refractivity contribution in [2.24, 2.45) is 5.73 Å². The number of H-pyrrole nitrogens is 1. The fourth-order valence-electron chi connectivity index (χ4n) is 1.81. The van der Waals surface area contributed by atoms with Crippen molar-refractivity contribution in [3.63, 3.8) is 0 Å². The minimum Gasteiger partial charge on any atom is -0.346 e. The minimum atomic E-state index is 0.110. The summed E-state index contributed by atoms with van der Waals surface area (Å²) in [5.74, 6) is 0.933. The van der Waals surface area contributed by atoms with Gasteiger partial charge in [0.05, 0.1) is 5.69 Å². The van der Waals surface area contributed by atoms with E-state index in [9.17, 15) is 0 Å². The van der Waals surface area contributed by atoms with Crippen LogP contribution in [0.25, 0.3) is 11.3 Å². The number of nitrogens with zero attached hydrogens (tertiary/aromatic N) is 1. The van der Waals surface area contributed by atoms with E-state index in [4.69, 9.17) is 17.3 Å². The summed E-state index contributed by atoms with van der Waals surface area (Å²) in [6.45, 7) is 3.99. The summed E-state index contributed by atoms with van der Waals surface area (Å²) in [6, 6.07) is 7.80. The van der Waals surface area contributed by atoms with Crippen molar-refractivity contribution < 1.29 is 0 Å². The molecule has 2 aromatic rings. The number of hydrogen-bond donors (Lipinski definition) is 2. The van der Waals surface area contributed by atoms with Crippen molar-refractivity contribution in [1.29, 1.82) is 0 Å². The quantitative estimate of drug-likeness (QED) is 0.879. The maximum Gasteiger partial charge on any atom is 0.108 e. The summed E-state index contributed by atoms with van der Waals surface area (Å²) in [6.07, 6.45) is 0.758. The van der Waals surface area contributed by atoms with Crippen molar-refractivity contribution >= 4 is 11.6 Å². The summed E-state index contributed by atoms with van der Waals surface area (Å²) < 4.78 is 0. The van der Waals surface area contributed by atoms with Crippen LogP contribution in [0.5, 0.6) is 0 Å². The first-order chi connectivity index (χ1) is 8.06. The third-order valence-corrected chi connectivity index (χ3v) is 2.82. The second-order valence-corrected chi connectivity index (χ2v) is 4.78. The van der Waals surface area contributed by atoms with Gasteiger partial charge < -0.3 is 10.7 Å². The standard InChI is InChI=1S/C13H16ClN3/c1-8(15)7-12-16-9(2)13(17-12)10-3-5-11(14)6-4-10/h3-6,8H,7,15H2,1-2H3,(H,16,17). The Hall–Kier alpha value is -1.32. The Morgan fingerprint density at radius 1 is 1.35 bits per heavy atom. The van der Waals surface area contributed by atoms with Gasteiger partial charge in [0.25, 0.3) is 0 Å². The van der Waals surface area contributed by atoms with Crippen LogP contribution in [0.4, 0.5) is 0 Å². The molecule has 0 aliphatic heterocycles. The van der Waals surface area contributed by atoms with Gasteiger partial charge in [0.2, 0.25) is 0 Å². The van der Waals surface area contributed by atoms with Crippen molar-refractivity contribution in [3.8, 4) is 11.3 Å². The number of imidazole rings is 1. The summed E-state index contributed by atoms with van der Waals surface area (Å²) in [5.41, 5.74) is 8.86. The molecule has 0 saturated carbocycles. The fourth-order valence-corrected chi connectivity index (χ4v) is 1.94. The summed E-state index contributed by atoms with van der Waals surface area (Å²) >= 11 is 5.87. The molecule has 0 saturated heterocycles. The molecular formula is C13H16ClN3. The predicted molar refractivity (Wildman–Crippen MR) is 71.1 cm³/mol. The van der Waals surface area contributed by atoms with Gasteiger partial charge in [0, 0.05) is 28.7 Å². The molecule has 0 fully saturated rings. The van der Waals surface area contributed by atoms with Crippen molar-refractivity contribution in [2.45, 2.75) is 26.3 Å². The Balaban J connectivity index is 2.32. The molecule has 0 radical (unpaired) electrons. The van der Waals surface area contributed by atoms with Crippen LogP contribution in [0.1, 0.15) is 18.4 Å². The molecule has 1 aromatic carbocycles. The molecule has 0 amide bonds. The van der Waals surface area contributed by atoms with E-state index < -0.39 is 0 Å². The lowest BCUT2D eigenvalue weighted by Crippen LogP contribution is -2.18. The number of rotatable bonds is 3. The van der Waals surface area contributed by atoms with Crippen LogP contribution in [0.15, 0.2) is 24.3 Å². The first-order valence-electron chi connectivity index (χ1n) is 5.63. The average Bonchev–Trinajstić information content (AvgIpc) is 2.59. The van der Waals surface area contributed by atoms with Gasteiger partial charge in [0.15, 0.2) is 0 Å². The van der Waals surface area contributed by atoms with Crippen LogP contribution in [0.2, 0.25) is 5.02 Å². The normalized spacial score (nSPS) is 12.7. The number of nitrogens with one attached hydrogen (secondary N) is 1. The van der Waals surface area contributed by atoms with E-state index in [-0.39, 0.29) is 6.04 Å². The number of aromatic nitrogens is 2. The smallest absolute Gasteiger partial charge is 0.108 e. The maximum absolute atomic E-state index is 5.87. The van der Waals surface area contributed by atoms with E-state index in [1.54, 1.807) is 0 Å². The summed E-state index contributed by atoms with van der Waals surface area (Å²) in [4.78, 5) is 7.84. The van der Waals surface area contributed by atoms with E-state index >= 15 is 0 Å². The Kier molecular flexibility index (Phi) is 3.50.